The molecule has 19 heavy (non-hydrogen) atoms. The first-order valence-electron chi connectivity index (χ1n) is 6.41. The van der Waals surface area contributed by atoms with Crippen molar-refractivity contribution < 1.29 is 13.2 Å². The van der Waals surface area contributed by atoms with Gasteiger partial charge in [-0.05, 0) is 26.2 Å². The van der Waals surface area contributed by atoms with Gasteiger partial charge in [0.2, 0.25) is 11.8 Å². The Morgan fingerprint density at radius 2 is 2.26 bits per heavy atom. The number of rotatable bonds is 5. The maximum Gasteiger partial charge on any atom is 0.226 e. The zero-order valence-corrected chi connectivity index (χ0v) is 12.0. The maximum atomic E-state index is 11.4. The van der Waals surface area contributed by atoms with Crippen molar-refractivity contribution >= 4 is 15.8 Å². The van der Waals surface area contributed by atoms with Gasteiger partial charge < -0.3 is 10.1 Å². The molecule has 0 aliphatic carbocycles. The van der Waals surface area contributed by atoms with Crippen molar-refractivity contribution in [2.24, 2.45) is 5.92 Å². The van der Waals surface area contributed by atoms with Crippen molar-refractivity contribution in [3.05, 3.63) is 11.8 Å². The highest BCUT2D eigenvalue weighted by Crippen LogP contribution is 2.19. The van der Waals surface area contributed by atoms with E-state index in [1.54, 1.807) is 6.07 Å². The van der Waals surface area contributed by atoms with Crippen LogP contribution in [0.2, 0.25) is 0 Å². The Labute approximate surface area is 113 Å². The summed E-state index contributed by atoms with van der Waals surface area (Å²) in [5.74, 6) is 1.72. The first kappa shape index (κ1) is 14.0. The summed E-state index contributed by atoms with van der Waals surface area (Å²) in [5.41, 5.74) is 0.819. The lowest BCUT2D eigenvalue weighted by Crippen LogP contribution is -2.17. The zero-order chi connectivity index (χ0) is 13.9. The second-order valence-corrected chi connectivity index (χ2v) is 6.98. The number of nitrogens with one attached hydrogen (secondary N) is 1. The fraction of sp³-hybridized carbons (Fsp3) is 0.667. The molecule has 0 spiro atoms. The highest BCUT2D eigenvalue weighted by atomic mass is 32.2. The van der Waals surface area contributed by atoms with Gasteiger partial charge in [-0.25, -0.2) is 13.4 Å². The Morgan fingerprint density at radius 1 is 1.47 bits per heavy atom. The Morgan fingerprint density at radius 3 is 2.89 bits per heavy atom. The molecular formula is C12H19N3O3S. The Bertz CT molecular complexity index is 545. The van der Waals surface area contributed by atoms with Crippen molar-refractivity contribution in [1.82, 2.24) is 9.97 Å². The highest BCUT2D eigenvalue weighted by molar-refractivity contribution is 7.91. The normalized spacial score (nSPS) is 21.3. The van der Waals surface area contributed by atoms with Gasteiger partial charge in [0.1, 0.15) is 0 Å². The fourth-order valence-corrected chi connectivity index (χ4v) is 3.97. The number of hydrogen-bond donors (Lipinski definition) is 1. The van der Waals surface area contributed by atoms with Crippen LogP contribution in [0.3, 0.4) is 0 Å². The second kappa shape index (κ2) is 5.73. The van der Waals surface area contributed by atoms with E-state index in [0.717, 1.165) is 5.69 Å². The summed E-state index contributed by atoms with van der Waals surface area (Å²) in [6.45, 7) is 4.90. The van der Waals surface area contributed by atoms with Gasteiger partial charge in [0.05, 0.1) is 18.1 Å². The van der Waals surface area contributed by atoms with Gasteiger partial charge in [-0.15, -0.1) is 0 Å². The molecule has 7 heteroatoms. The summed E-state index contributed by atoms with van der Waals surface area (Å²) in [6, 6.07) is 1.77. The lowest BCUT2D eigenvalue weighted by Gasteiger charge is -2.11. The largest absolute Gasteiger partial charge is 0.478 e. The topological polar surface area (TPSA) is 81.2 Å². The van der Waals surface area contributed by atoms with E-state index in [9.17, 15) is 8.42 Å². The van der Waals surface area contributed by atoms with Crippen molar-refractivity contribution in [3.63, 3.8) is 0 Å². The van der Waals surface area contributed by atoms with E-state index in [2.05, 4.69) is 15.3 Å². The van der Waals surface area contributed by atoms with Crippen molar-refractivity contribution in [2.45, 2.75) is 20.3 Å². The molecule has 0 radical (unpaired) electrons. The third-order valence-electron chi connectivity index (χ3n) is 3.00. The van der Waals surface area contributed by atoms with Gasteiger partial charge in [-0.2, -0.15) is 4.98 Å². The summed E-state index contributed by atoms with van der Waals surface area (Å²) >= 11 is 0. The predicted molar refractivity (Wildman–Crippen MR) is 73.2 cm³/mol. The number of aryl methyl sites for hydroxylation is 1. The van der Waals surface area contributed by atoms with Crippen LogP contribution < -0.4 is 10.1 Å². The maximum absolute atomic E-state index is 11.4. The van der Waals surface area contributed by atoms with Gasteiger partial charge in [0, 0.05) is 18.3 Å². The summed E-state index contributed by atoms with van der Waals surface area (Å²) in [6.07, 6.45) is 0.708. The van der Waals surface area contributed by atoms with E-state index >= 15 is 0 Å². The molecule has 1 aliphatic rings. The molecule has 0 amide bonds. The standard InChI is InChI=1S/C12H19N3O3S/c1-3-18-11-6-9(2)14-12(15-11)13-7-10-4-5-19(16,17)8-10/h6,10H,3-5,7-8H2,1-2H3,(H,13,14,15). The van der Waals surface area contributed by atoms with Crippen LogP contribution >= 0.6 is 0 Å². The molecule has 1 saturated heterocycles. The van der Waals surface area contributed by atoms with Gasteiger partial charge in [-0.1, -0.05) is 0 Å². The van der Waals surface area contributed by atoms with Crippen LogP contribution in [0.5, 0.6) is 5.88 Å². The predicted octanol–water partition coefficient (Wildman–Crippen LogP) is 1.03. The Kier molecular flexibility index (Phi) is 4.24. The third-order valence-corrected chi connectivity index (χ3v) is 4.84. The zero-order valence-electron chi connectivity index (χ0n) is 11.2. The average Bonchev–Trinajstić information content (AvgIpc) is 2.66. The quantitative estimate of drug-likeness (QED) is 0.870. The first-order valence-corrected chi connectivity index (χ1v) is 8.23. The van der Waals surface area contributed by atoms with Gasteiger partial charge in [0.15, 0.2) is 9.84 Å². The summed E-state index contributed by atoms with van der Waals surface area (Å²) in [4.78, 5) is 8.49. The van der Waals surface area contributed by atoms with E-state index in [0.29, 0.717) is 31.4 Å². The van der Waals surface area contributed by atoms with E-state index in [1.807, 2.05) is 13.8 Å². The van der Waals surface area contributed by atoms with E-state index in [4.69, 9.17) is 4.74 Å². The van der Waals surface area contributed by atoms with Crippen LogP contribution in [0.4, 0.5) is 5.95 Å². The van der Waals surface area contributed by atoms with Crippen LogP contribution in [0.25, 0.3) is 0 Å². The monoisotopic (exact) mass is 285 g/mol. The molecule has 1 unspecified atom stereocenters. The fourth-order valence-electron chi connectivity index (χ4n) is 2.11. The molecule has 1 fully saturated rings. The molecule has 1 aliphatic heterocycles. The first-order chi connectivity index (χ1) is 8.98. The number of hydrogen-bond acceptors (Lipinski definition) is 6. The van der Waals surface area contributed by atoms with E-state index in [1.165, 1.54) is 0 Å². The Balaban J connectivity index is 1.96. The van der Waals surface area contributed by atoms with Crippen LogP contribution in [-0.2, 0) is 9.84 Å². The van der Waals surface area contributed by atoms with Crippen LogP contribution in [0.1, 0.15) is 19.0 Å². The molecule has 0 bridgehead atoms. The Hall–Kier alpha value is -1.37. The van der Waals surface area contributed by atoms with Crippen LogP contribution in [-0.4, -0.2) is 43.0 Å². The molecule has 1 aromatic heterocycles. The number of sulfone groups is 1. The van der Waals surface area contributed by atoms with Crippen LogP contribution in [0.15, 0.2) is 6.07 Å². The smallest absolute Gasteiger partial charge is 0.226 e. The molecule has 1 atom stereocenters. The van der Waals surface area contributed by atoms with E-state index < -0.39 is 9.84 Å². The lowest BCUT2D eigenvalue weighted by molar-refractivity contribution is 0.326. The van der Waals surface area contributed by atoms with Gasteiger partial charge in [-0.3, -0.25) is 0 Å². The number of anilines is 1. The third kappa shape index (κ3) is 4.05. The molecule has 2 rings (SSSR count). The average molecular weight is 285 g/mol. The molecule has 1 N–H and O–H groups in total. The number of ether oxygens (including phenoxy) is 1. The number of nitrogens with zero attached hydrogens (tertiary/aromatic N) is 2. The second-order valence-electron chi connectivity index (χ2n) is 4.75. The van der Waals surface area contributed by atoms with Crippen molar-refractivity contribution in [2.75, 3.05) is 30.0 Å². The van der Waals surface area contributed by atoms with E-state index in [-0.39, 0.29) is 17.4 Å². The molecule has 6 nitrogen and oxygen atoms in total. The van der Waals surface area contributed by atoms with Crippen LogP contribution in [0, 0.1) is 12.8 Å². The number of aromatic nitrogens is 2. The van der Waals surface area contributed by atoms with Crippen molar-refractivity contribution in [3.8, 4) is 5.88 Å². The summed E-state index contributed by atoms with van der Waals surface area (Å²) < 4.78 is 28.1. The minimum atomic E-state index is -2.83. The molecule has 1 aromatic rings. The lowest BCUT2D eigenvalue weighted by atomic mass is 10.1. The highest BCUT2D eigenvalue weighted by Gasteiger charge is 2.27. The molecule has 2 heterocycles. The molecular weight excluding hydrogens is 266 g/mol. The molecule has 0 aromatic carbocycles. The molecule has 106 valence electrons. The molecule has 0 saturated carbocycles. The van der Waals surface area contributed by atoms with Gasteiger partial charge >= 0.3 is 0 Å². The minimum absolute atomic E-state index is 0.143. The summed E-state index contributed by atoms with van der Waals surface area (Å²) in [5, 5.41) is 3.10. The SMILES string of the molecule is CCOc1cc(C)nc(NCC2CCS(=O)(=O)C2)n1. The minimum Gasteiger partial charge on any atom is -0.478 e. The van der Waals surface area contributed by atoms with Gasteiger partial charge in [0.25, 0.3) is 0 Å². The van der Waals surface area contributed by atoms with Crippen molar-refractivity contribution in [1.29, 1.82) is 0 Å². The summed E-state index contributed by atoms with van der Waals surface area (Å²) in [7, 11) is -2.83.